The van der Waals surface area contributed by atoms with Crippen molar-refractivity contribution >= 4 is 23.3 Å². The molecule has 0 unspecified atom stereocenters. The highest BCUT2D eigenvalue weighted by molar-refractivity contribution is 5.99. The van der Waals surface area contributed by atoms with Gasteiger partial charge in [-0.3, -0.25) is 9.48 Å². The van der Waals surface area contributed by atoms with Crippen LogP contribution in [-0.4, -0.2) is 39.2 Å². The lowest BCUT2D eigenvalue weighted by molar-refractivity contribution is -0.119. The van der Waals surface area contributed by atoms with E-state index in [4.69, 9.17) is 0 Å². The molecule has 1 aliphatic rings. The van der Waals surface area contributed by atoms with Crippen LogP contribution in [0.2, 0.25) is 0 Å². The molecule has 0 radical (unpaired) electrons. The quantitative estimate of drug-likeness (QED) is 0.897. The van der Waals surface area contributed by atoms with Crippen molar-refractivity contribution in [3.8, 4) is 0 Å². The van der Waals surface area contributed by atoms with Crippen molar-refractivity contribution < 1.29 is 9.59 Å². The van der Waals surface area contributed by atoms with Crippen LogP contribution in [0.3, 0.4) is 0 Å². The molecule has 0 saturated carbocycles. The number of carbonyl (C=O) groups excluding carboxylic acids is 2. The number of benzene rings is 1. The lowest BCUT2D eigenvalue weighted by atomic mass is 10.2. The van der Waals surface area contributed by atoms with Crippen molar-refractivity contribution in [3.05, 3.63) is 42.7 Å². The maximum absolute atomic E-state index is 12.6. The average Bonchev–Trinajstić information content (AvgIpc) is 3.25. The number of likely N-dealkylation sites (tertiary alicyclic amines) is 1. The molecule has 1 fully saturated rings. The fourth-order valence-corrected chi connectivity index (χ4v) is 2.91. The fourth-order valence-electron chi connectivity index (χ4n) is 2.91. The molecule has 0 spiro atoms. The Morgan fingerprint density at radius 1 is 1.16 bits per heavy atom. The number of rotatable bonds is 4. The molecular formula is C18H23N5O2. The first-order valence-electron chi connectivity index (χ1n) is 8.52. The molecule has 2 aromatic rings. The maximum Gasteiger partial charge on any atom is 0.322 e. The van der Waals surface area contributed by atoms with Crippen molar-refractivity contribution in [2.75, 3.05) is 17.2 Å². The molecule has 0 bridgehead atoms. The molecule has 132 valence electrons. The third kappa shape index (κ3) is 3.99. The molecule has 0 aliphatic carbocycles. The van der Waals surface area contributed by atoms with Crippen LogP contribution in [0, 0.1) is 0 Å². The van der Waals surface area contributed by atoms with Gasteiger partial charge >= 0.3 is 6.03 Å². The Morgan fingerprint density at radius 2 is 1.92 bits per heavy atom. The topological polar surface area (TPSA) is 79.3 Å². The number of aromatic nitrogens is 2. The monoisotopic (exact) mass is 341 g/mol. The Balaban J connectivity index is 1.63. The smallest absolute Gasteiger partial charge is 0.322 e. The second kappa shape index (κ2) is 7.38. The van der Waals surface area contributed by atoms with E-state index in [9.17, 15) is 9.59 Å². The van der Waals surface area contributed by atoms with Gasteiger partial charge in [-0.2, -0.15) is 5.10 Å². The van der Waals surface area contributed by atoms with Gasteiger partial charge in [0.1, 0.15) is 6.04 Å². The van der Waals surface area contributed by atoms with Crippen molar-refractivity contribution in [1.82, 2.24) is 14.7 Å². The molecular weight excluding hydrogens is 318 g/mol. The molecule has 2 N–H and O–H groups in total. The summed E-state index contributed by atoms with van der Waals surface area (Å²) in [6, 6.07) is 8.76. The SMILES string of the molecule is CC(C)n1cc(NC(=O)[C@@H]2CCCN2C(=O)Nc2ccccc2)cn1. The minimum absolute atomic E-state index is 0.177. The van der Waals surface area contributed by atoms with E-state index in [1.165, 1.54) is 0 Å². The van der Waals surface area contributed by atoms with E-state index in [1.54, 1.807) is 22.0 Å². The molecule has 7 heteroatoms. The first-order chi connectivity index (χ1) is 12.0. The predicted octanol–water partition coefficient (Wildman–Crippen LogP) is 3.10. The zero-order valence-corrected chi connectivity index (χ0v) is 14.5. The van der Waals surface area contributed by atoms with Gasteiger partial charge in [0.05, 0.1) is 11.9 Å². The zero-order chi connectivity index (χ0) is 17.8. The number of para-hydroxylation sites is 1. The third-order valence-electron chi connectivity index (χ3n) is 4.24. The average molecular weight is 341 g/mol. The summed E-state index contributed by atoms with van der Waals surface area (Å²) in [7, 11) is 0. The number of hydrogen-bond acceptors (Lipinski definition) is 3. The highest BCUT2D eigenvalue weighted by Crippen LogP contribution is 2.21. The first-order valence-corrected chi connectivity index (χ1v) is 8.52. The van der Waals surface area contributed by atoms with Crippen LogP contribution < -0.4 is 10.6 Å². The van der Waals surface area contributed by atoms with E-state index in [-0.39, 0.29) is 18.0 Å². The zero-order valence-electron chi connectivity index (χ0n) is 14.5. The summed E-state index contributed by atoms with van der Waals surface area (Å²) in [5.74, 6) is -0.177. The largest absolute Gasteiger partial charge is 0.322 e. The molecule has 3 rings (SSSR count). The number of urea groups is 1. The molecule has 1 aliphatic heterocycles. The summed E-state index contributed by atoms with van der Waals surface area (Å²) in [6.45, 7) is 4.61. The van der Waals surface area contributed by atoms with Gasteiger partial charge in [-0.1, -0.05) is 18.2 Å². The summed E-state index contributed by atoms with van der Waals surface area (Å²) < 4.78 is 1.78. The molecule has 1 atom stereocenters. The van der Waals surface area contributed by atoms with Crippen LogP contribution in [0.5, 0.6) is 0 Å². The van der Waals surface area contributed by atoms with E-state index in [0.717, 1.165) is 12.1 Å². The van der Waals surface area contributed by atoms with Gasteiger partial charge in [0.15, 0.2) is 0 Å². The summed E-state index contributed by atoms with van der Waals surface area (Å²) in [4.78, 5) is 26.7. The maximum atomic E-state index is 12.6. The summed E-state index contributed by atoms with van der Waals surface area (Å²) in [5.41, 5.74) is 1.37. The standard InChI is InChI=1S/C18H23N5O2/c1-13(2)23-12-15(11-19-23)20-17(24)16-9-6-10-22(16)18(25)21-14-7-4-3-5-8-14/h3-5,7-8,11-13,16H,6,9-10H2,1-2H3,(H,20,24)(H,21,25)/t16-/m0/s1. The lowest BCUT2D eigenvalue weighted by Crippen LogP contribution is -2.45. The highest BCUT2D eigenvalue weighted by atomic mass is 16.2. The number of nitrogens with zero attached hydrogens (tertiary/aromatic N) is 3. The van der Waals surface area contributed by atoms with Gasteiger partial charge in [-0.15, -0.1) is 0 Å². The van der Waals surface area contributed by atoms with Crippen LogP contribution in [0.4, 0.5) is 16.2 Å². The van der Waals surface area contributed by atoms with Crippen LogP contribution in [0.25, 0.3) is 0 Å². The lowest BCUT2D eigenvalue weighted by Gasteiger charge is -2.24. The van der Waals surface area contributed by atoms with Crippen LogP contribution in [0.1, 0.15) is 32.7 Å². The van der Waals surface area contributed by atoms with Crippen LogP contribution in [-0.2, 0) is 4.79 Å². The minimum atomic E-state index is -0.467. The molecule has 7 nitrogen and oxygen atoms in total. The van der Waals surface area contributed by atoms with E-state index in [2.05, 4.69) is 15.7 Å². The van der Waals surface area contributed by atoms with E-state index in [1.807, 2.05) is 44.2 Å². The van der Waals surface area contributed by atoms with Crippen LogP contribution >= 0.6 is 0 Å². The van der Waals surface area contributed by atoms with Crippen molar-refractivity contribution in [1.29, 1.82) is 0 Å². The van der Waals surface area contributed by atoms with E-state index in [0.29, 0.717) is 18.7 Å². The molecule has 1 saturated heterocycles. The Labute approximate surface area is 147 Å². The van der Waals surface area contributed by atoms with E-state index >= 15 is 0 Å². The van der Waals surface area contributed by atoms with E-state index < -0.39 is 6.04 Å². The number of amides is 3. The van der Waals surface area contributed by atoms with Crippen molar-refractivity contribution in [2.24, 2.45) is 0 Å². The number of carbonyl (C=O) groups is 2. The van der Waals surface area contributed by atoms with Gasteiger partial charge in [0.2, 0.25) is 5.91 Å². The molecule has 1 aromatic carbocycles. The second-order valence-electron chi connectivity index (χ2n) is 6.44. The van der Waals surface area contributed by atoms with Gasteiger partial charge in [-0.25, -0.2) is 4.79 Å². The van der Waals surface area contributed by atoms with Gasteiger partial charge in [0.25, 0.3) is 0 Å². The molecule has 1 aromatic heterocycles. The van der Waals surface area contributed by atoms with Gasteiger partial charge < -0.3 is 15.5 Å². The van der Waals surface area contributed by atoms with Gasteiger partial charge in [-0.05, 0) is 38.8 Å². The Hall–Kier alpha value is -2.83. The molecule has 25 heavy (non-hydrogen) atoms. The molecule has 2 heterocycles. The second-order valence-corrected chi connectivity index (χ2v) is 6.44. The number of nitrogens with one attached hydrogen (secondary N) is 2. The Bertz CT molecular complexity index is 741. The summed E-state index contributed by atoms with van der Waals surface area (Å²) >= 11 is 0. The van der Waals surface area contributed by atoms with Gasteiger partial charge in [0, 0.05) is 24.5 Å². The summed E-state index contributed by atoms with van der Waals surface area (Å²) in [5, 5.41) is 9.92. The fraction of sp³-hybridized carbons (Fsp3) is 0.389. The predicted molar refractivity (Wildman–Crippen MR) is 96.4 cm³/mol. The first kappa shape index (κ1) is 17.0. The van der Waals surface area contributed by atoms with Crippen molar-refractivity contribution in [3.63, 3.8) is 0 Å². The summed E-state index contributed by atoms with van der Waals surface area (Å²) in [6.07, 6.45) is 4.89. The van der Waals surface area contributed by atoms with Crippen LogP contribution in [0.15, 0.2) is 42.7 Å². The minimum Gasteiger partial charge on any atom is -0.322 e. The third-order valence-corrected chi connectivity index (χ3v) is 4.24. The van der Waals surface area contributed by atoms with Crippen molar-refractivity contribution in [2.45, 2.75) is 38.8 Å². The number of anilines is 2. The highest BCUT2D eigenvalue weighted by Gasteiger charge is 2.34. The molecule has 3 amide bonds. The Morgan fingerprint density at radius 3 is 2.60 bits per heavy atom. The normalized spacial score (nSPS) is 16.9. The number of hydrogen-bond donors (Lipinski definition) is 2. The Kier molecular flexibility index (Phi) is 5.02.